The molecule has 0 heterocycles. The third-order valence-corrected chi connectivity index (χ3v) is 10.3. The summed E-state index contributed by atoms with van der Waals surface area (Å²) >= 11 is 0. The van der Waals surface area contributed by atoms with Gasteiger partial charge in [0.1, 0.15) is 6.61 Å². The van der Waals surface area contributed by atoms with Gasteiger partial charge < -0.3 is 24.7 Å². The van der Waals surface area contributed by atoms with E-state index in [1.165, 1.54) is 11.1 Å². The average molecular weight is 595 g/mol. The number of fused-ring (bicyclic) bond motifs is 3. The number of rotatable bonds is 15. The summed E-state index contributed by atoms with van der Waals surface area (Å²) < 4.78 is 57.0. The molecule has 4 N–H and O–H groups in total. The smallest absolute Gasteiger partial charge is 0.449 e. The number of amides is 1. The number of ether oxygens (including phenoxy) is 1. The topological polar surface area (TPSA) is 187 Å². The molecule has 0 aliphatic heterocycles. The van der Waals surface area contributed by atoms with Crippen molar-refractivity contribution in [1.29, 1.82) is 0 Å². The Labute approximate surface area is 220 Å². The van der Waals surface area contributed by atoms with Gasteiger partial charge in [-0.05, 0) is 29.9 Å². The van der Waals surface area contributed by atoms with Gasteiger partial charge in [0.2, 0.25) is 0 Å². The van der Waals surface area contributed by atoms with Crippen LogP contribution in [0.2, 0.25) is 0 Å². The summed E-state index contributed by atoms with van der Waals surface area (Å²) in [7, 11) is -14.5. The first-order valence-corrected chi connectivity index (χ1v) is 16.4. The Kier molecular flexibility index (Phi) is 11.1. The van der Waals surface area contributed by atoms with Crippen molar-refractivity contribution in [2.24, 2.45) is 5.92 Å². The molecule has 0 spiro atoms. The lowest BCUT2D eigenvalue weighted by atomic mass is 9.84. The summed E-state index contributed by atoms with van der Waals surface area (Å²) in [6, 6.07) is 8.22. The zero-order valence-corrected chi connectivity index (χ0v) is 23.3. The fourth-order valence-electron chi connectivity index (χ4n) is 4.43. The molecule has 2 aliphatic rings. The predicted molar refractivity (Wildman–Crippen MR) is 136 cm³/mol. The van der Waals surface area contributed by atoms with E-state index in [-0.39, 0.29) is 25.0 Å². The maximum atomic E-state index is 12.2. The highest BCUT2D eigenvalue weighted by Crippen LogP contribution is 2.68. The van der Waals surface area contributed by atoms with Gasteiger partial charge in [-0.3, -0.25) is 9.05 Å². The lowest BCUT2D eigenvalue weighted by molar-refractivity contribution is 0.133. The van der Waals surface area contributed by atoms with E-state index >= 15 is 0 Å². The van der Waals surface area contributed by atoms with Crippen LogP contribution in [-0.2, 0) is 36.1 Å². The number of hydrogen-bond acceptors (Lipinski definition) is 9. The molecular weight excluding hydrogens is 563 g/mol. The van der Waals surface area contributed by atoms with Crippen LogP contribution >= 0.6 is 23.5 Å². The molecule has 0 aromatic heterocycles. The van der Waals surface area contributed by atoms with E-state index in [2.05, 4.69) is 42.7 Å². The largest absolute Gasteiger partial charge is 0.490 e. The maximum Gasteiger partial charge on any atom is 0.490 e. The second kappa shape index (κ2) is 13.6. The first kappa shape index (κ1) is 30.9. The van der Waals surface area contributed by atoms with Crippen LogP contribution in [0, 0.1) is 5.92 Å². The van der Waals surface area contributed by atoms with E-state index in [1.807, 2.05) is 24.3 Å². The first-order valence-electron chi connectivity index (χ1n) is 11.9. The minimum Gasteiger partial charge on any atom is -0.449 e. The highest BCUT2D eigenvalue weighted by Gasteiger charge is 2.42. The standard InChI is InChI=1S/C22H32NO12P3/c1-31-38(30,35-37(28,29)34-36(25,26)27)33-15-9-3-2-8-14-23-22(24)32-16-21-19-12-6-4-10-17(19)18-11-5-7-13-20(18)21/h4-7,10-13,17,19,21H,2-3,8-9,14-16H2,1H3,(H,23,24)(H,28,29)(H2,25,26,27). The Balaban J connectivity index is 1.29. The number of allylic oxidation sites excluding steroid dienone is 4. The summed E-state index contributed by atoms with van der Waals surface area (Å²) in [5.74, 6) is 0.648. The number of unbranched alkanes of at least 4 members (excludes halogenated alkanes) is 3. The van der Waals surface area contributed by atoms with Gasteiger partial charge in [0.15, 0.2) is 0 Å². The molecule has 13 nitrogen and oxygen atoms in total. The summed E-state index contributed by atoms with van der Waals surface area (Å²) in [5.41, 5.74) is 2.47. The predicted octanol–water partition coefficient (Wildman–Crippen LogP) is 4.89. The number of phosphoric ester groups is 1. The molecule has 0 radical (unpaired) electrons. The number of carbonyl (C=O) groups excluding carboxylic acids is 1. The number of nitrogens with one attached hydrogen (secondary N) is 1. The lowest BCUT2D eigenvalue weighted by Gasteiger charge is -2.22. The minimum absolute atomic E-state index is 0.0956. The first-order chi connectivity index (χ1) is 17.9. The average Bonchev–Trinajstić information content (AvgIpc) is 3.16. The monoisotopic (exact) mass is 595 g/mol. The SMILES string of the molecule is COP(=O)(OCCCCCCNC(=O)OCC1c2ccccc2C2C=CC=CC21)OP(=O)(O)OP(=O)(O)O. The highest BCUT2D eigenvalue weighted by atomic mass is 31.3. The number of phosphoric acid groups is 3. The van der Waals surface area contributed by atoms with Crippen LogP contribution in [0.15, 0.2) is 48.6 Å². The molecule has 0 fully saturated rings. The normalized spacial score (nSPS) is 23.2. The third-order valence-electron chi connectivity index (χ3n) is 6.02. The van der Waals surface area contributed by atoms with Crippen molar-refractivity contribution in [3.8, 4) is 0 Å². The van der Waals surface area contributed by atoms with E-state index in [0.29, 0.717) is 38.1 Å². The molecule has 1 aromatic rings. The van der Waals surface area contributed by atoms with Crippen molar-refractivity contribution < 1.29 is 55.6 Å². The minimum atomic E-state index is -5.40. The van der Waals surface area contributed by atoms with Crippen LogP contribution < -0.4 is 5.32 Å². The second-order valence-electron chi connectivity index (χ2n) is 8.63. The van der Waals surface area contributed by atoms with E-state index in [4.69, 9.17) is 19.0 Å². The highest BCUT2D eigenvalue weighted by molar-refractivity contribution is 7.66. The molecule has 212 valence electrons. The third kappa shape index (κ3) is 9.24. The molecule has 1 aromatic carbocycles. The zero-order valence-electron chi connectivity index (χ0n) is 20.7. The van der Waals surface area contributed by atoms with Crippen molar-refractivity contribution in [1.82, 2.24) is 5.32 Å². The van der Waals surface area contributed by atoms with Gasteiger partial charge in [0, 0.05) is 25.5 Å². The maximum absolute atomic E-state index is 12.2. The van der Waals surface area contributed by atoms with Gasteiger partial charge in [-0.15, -0.1) is 0 Å². The Hall–Kier alpha value is -1.62. The van der Waals surface area contributed by atoms with Crippen molar-refractivity contribution in [3.05, 3.63) is 59.7 Å². The molecule has 16 heteroatoms. The Bertz CT molecular complexity index is 1170. The van der Waals surface area contributed by atoms with Crippen LogP contribution in [0.1, 0.15) is 48.6 Å². The number of hydrogen-bond donors (Lipinski definition) is 4. The summed E-state index contributed by atoms with van der Waals surface area (Å²) in [6.07, 6.45) is 10.2. The Morgan fingerprint density at radius 3 is 2.34 bits per heavy atom. The second-order valence-corrected chi connectivity index (χ2v) is 13.4. The Morgan fingerprint density at radius 2 is 1.63 bits per heavy atom. The zero-order chi connectivity index (χ0) is 27.8. The van der Waals surface area contributed by atoms with Crippen LogP contribution in [-0.4, -0.2) is 47.6 Å². The van der Waals surface area contributed by atoms with Crippen molar-refractivity contribution in [3.63, 3.8) is 0 Å². The van der Waals surface area contributed by atoms with E-state index < -0.39 is 29.6 Å². The van der Waals surface area contributed by atoms with Crippen LogP contribution in [0.5, 0.6) is 0 Å². The fraction of sp³-hybridized carbons (Fsp3) is 0.500. The molecule has 5 atom stereocenters. The van der Waals surface area contributed by atoms with Crippen molar-refractivity contribution in [2.75, 3.05) is 26.9 Å². The molecular formula is C22H32NO12P3. The number of alkyl carbamates (subject to hydrolysis) is 1. The molecule has 38 heavy (non-hydrogen) atoms. The van der Waals surface area contributed by atoms with E-state index in [9.17, 15) is 23.4 Å². The van der Waals surface area contributed by atoms with Crippen molar-refractivity contribution >= 4 is 29.6 Å². The molecule has 1 amide bonds. The molecule has 3 rings (SSSR count). The van der Waals surface area contributed by atoms with Gasteiger partial charge in [0.25, 0.3) is 0 Å². The lowest BCUT2D eigenvalue weighted by Crippen LogP contribution is -2.28. The number of benzene rings is 1. The van der Waals surface area contributed by atoms with Gasteiger partial charge in [-0.25, -0.2) is 18.5 Å². The molecule has 0 saturated heterocycles. The summed E-state index contributed by atoms with van der Waals surface area (Å²) in [4.78, 5) is 38.7. The van der Waals surface area contributed by atoms with Crippen LogP contribution in [0.4, 0.5) is 4.79 Å². The van der Waals surface area contributed by atoms with Gasteiger partial charge in [0.05, 0.1) is 6.61 Å². The fourth-order valence-corrected chi connectivity index (χ4v) is 7.82. The van der Waals surface area contributed by atoms with Gasteiger partial charge >= 0.3 is 29.6 Å². The Morgan fingerprint density at radius 1 is 0.947 bits per heavy atom. The van der Waals surface area contributed by atoms with Crippen LogP contribution in [0.25, 0.3) is 0 Å². The summed E-state index contributed by atoms with van der Waals surface area (Å²) in [5, 5.41) is 2.73. The molecule has 5 unspecified atom stereocenters. The van der Waals surface area contributed by atoms with E-state index in [0.717, 1.165) is 7.11 Å². The summed E-state index contributed by atoms with van der Waals surface area (Å²) in [6.45, 7) is 0.481. The van der Waals surface area contributed by atoms with Crippen LogP contribution in [0.3, 0.4) is 0 Å². The van der Waals surface area contributed by atoms with Crippen molar-refractivity contribution in [2.45, 2.75) is 37.5 Å². The quantitative estimate of drug-likeness (QED) is 0.159. The van der Waals surface area contributed by atoms with E-state index in [1.54, 1.807) is 0 Å². The molecule has 0 bridgehead atoms. The molecule has 2 aliphatic carbocycles. The van der Waals surface area contributed by atoms with Gasteiger partial charge in [-0.2, -0.15) is 8.62 Å². The molecule has 0 saturated carbocycles. The van der Waals surface area contributed by atoms with Gasteiger partial charge in [-0.1, -0.05) is 61.4 Å². The number of carbonyl (C=O) groups is 1.